The maximum Gasteiger partial charge on any atom is 0.345 e. The van der Waals surface area contributed by atoms with Crippen molar-refractivity contribution in [3.8, 4) is 5.75 Å². The number of hydrogen-bond acceptors (Lipinski definition) is 3. The highest BCUT2D eigenvalue weighted by Crippen LogP contribution is 2.40. The third-order valence-corrected chi connectivity index (χ3v) is 3.65. The SMILES string of the molecule is C=Cc1ccc2c(c1)C(=O)OC1(CCCCC1)O2. The molecule has 3 heteroatoms. The molecule has 0 aromatic heterocycles. The quantitative estimate of drug-likeness (QED) is 0.709. The van der Waals surface area contributed by atoms with Crippen LogP contribution in [0.3, 0.4) is 0 Å². The summed E-state index contributed by atoms with van der Waals surface area (Å²) in [5.41, 5.74) is 1.40. The van der Waals surface area contributed by atoms with Crippen molar-refractivity contribution in [2.45, 2.75) is 37.9 Å². The summed E-state index contributed by atoms with van der Waals surface area (Å²) in [6.07, 6.45) is 6.58. The lowest BCUT2D eigenvalue weighted by molar-refractivity contribution is -0.172. The summed E-state index contributed by atoms with van der Waals surface area (Å²) in [7, 11) is 0. The van der Waals surface area contributed by atoms with E-state index in [2.05, 4.69) is 6.58 Å². The largest absolute Gasteiger partial charge is 0.451 e. The molecule has 0 atom stereocenters. The fourth-order valence-corrected chi connectivity index (χ4v) is 2.66. The van der Waals surface area contributed by atoms with Gasteiger partial charge in [0, 0.05) is 12.8 Å². The van der Waals surface area contributed by atoms with Gasteiger partial charge in [-0.2, -0.15) is 0 Å². The van der Waals surface area contributed by atoms with Crippen molar-refractivity contribution in [2.75, 3.05) is 0 Å². The van der Waals surface area contributed by atoms with Gasteiger partial charge in [-0.25, -0.2) is 4.79 Å². The fourth-order valence-electron chi connectivity index (χ4n) is 2.66. The molecule has 3 nitrogen and oxygen atoms in total. The van der Waals surface area contributed by atoms with Crippen molar-refractivity contribution in [1.29, 1.82) is 0 Å². The van der Waals surface area contributed by atoms with Gasteiger partial charge in [0.25, 0.3) is 5.79 Å². The Labute approximate surface area is 106 Å². The average Bonchev–Trinajstić information content (AvgIpc) is 2.39. The minimum atomic E-state index is -0.710. The Morgan fingerprint density at radius 1 is 1.17 bits per heavy atom. The van der Waals surface area contributed by atoms with Crippen LogP contribution in [-0.4, -0.2) is 11.8 Å². The molecule has 2 aliphatic rings. The van der Waals surface area contributed by atoms with E-state index in [-0.39, 0.29) is 5.97 Å². The number of carbonyl (C=O) groups is 1. The van der Waals surface area contributed by atoms with Gasteiger partial charge < -0.3 is 9.47 Å². The molecular formula is C15H16O3. The first-order valence-electron chi connectivity index (χ1n) is 6.41. The highest BCUT2D eigenvalue weighted by molar-refractivity contribution is 5.94. The Balaban J connectivity index is 1.97. The summed E-state index contributed by atoms with van der Waals surface area (Å²) >= 11 is 0. The highest BCUT2D eigenvalue weighted by Gasteiger charge is 2.43. The normalized spacial score (nSPS) is 20.8. The maximum atomic E-state index is 12.1. The number of carbonyl (C=O) groups excluding carboxylic acids is 1. The van der Waals surface area contributed by atoms with Crippen molar-refractivity contribution >= 4 is 12.0 Å². The number of fused-ring (bicyclic) bond motifs is 1. The number of esters is 1. The first-order chi connectivity index (χ1) is 8.72. The molecule has 18 heavy (non-hydrogen) atoms. The molecule has 3 rings (SSSR count). The zero-order valence-electron chi connectivity index (χ0n) is 10.3. The van der Waals surface area contributed by atoms with E-state index >= 15 is 0 Å². The van der Waals surface area contributed by atoms with E-state index < -0.39 is 5.79 Å². The van der Waals surface area contributed by atoms with Crippen molar-refractivity contribution < 1.29 is 14.3 Å². The van der Waals surface area contributed by atoms with E-state index in [0.717, 1.165) is 31.2 Å². The van der Waals surface area contributed by atoms with Crippen LogP contribution in [0, 0.1) is 0 Å². The van der Waals surface area contributed by atoms with Crippen molar-refractivity contribution in [1.82, 2.24) is 0 Å². The first kappa shape index (κ1) is 11.3. The van der Waals surface area contributed by atoms with E-state index in [4.69, 9.17) is 9.47 Å². The predicted molar refractivity (Wildman–Crippen MR) is 68.4 cm³/mol. The summed E-state index contributed by atoms with van der Waals surface area (Å²) in [4.78, 5) is 12.1. The maximum absolute atomic E-state index is 12.1. The van der Waals surface area contributed by atoms with E-state index in [1.165, 1.54) is 6.42 Å². The van der Waals surface area contributed by atoms with Crippen molar-refractivity contribution in [3.63, 3.8) is 0 Å². The summed E-state index contributed by atoms with van der Waals surface area (Å²) in [6, 6.07) is 5.50. The molecule has 1 saturated carbocycles. The van der Waals surface area contributed by atoms with Crippen LogP contribution >= 0.6 is 0 Å². The molecule has 1 aliphatic carbocycles. The summed E-state index contributed by atoms with van der Waals surface area (Å²) in [6.45, 7) is 3.70. The smallest absolute Gasteiger partial charge is 0.345 e. The molecule has 0 radical (unpaired) electrons. The lowest BCUT2D eigenvalue weighted by Crippen LogP contribution is -2.46. The minimum absolute atomic E-state index is 0.276. The summed E-state index contributed by atoms with van der Waals surface area (Å²) in [5.74, 6) is -0.349. The lowest BCUT2D eigenvalue weighted by Gasteiger charge is -2.40. The molecule has 0 unspecified atom stereocenters. The van der Waals surface area contributed by atoms with Gasteiger partial charge >= 0.3 is 5.97 Å². The molecular weight excluding hydrogens is 228 g/mol. The van der Waals surface area contributed by atoms with Crippen molar-refractivity contribution in [2.24, 2.45) is 0 Å². The molecule has 1 heterocycles. The molecule has 1 fully saturated rings. The van der Waals surface area contributed by atoms with Crippen LogP contribution in [0.2, 0.25) is 0 Å². The second-order valence-electron chi connectivity index (χ2n) is 4.92. The van der Waals surface area contributed by atoms with Gasteiger partial charge in [0.05, 0.1) is 0 Å². The first-order valence-corrected chi connectivity index (χ1v) is 6.41. The van der Waals surface area contributed by atoms with Crippen molar-refractivity contribution in [3.05, 3.63) is 35.9 Å². The van der Waals surface area contributed by atoms with Gasteiger partial charge in [-0.15, -0.1) is 0 Å². The molecule has 94 valence electrons. The van der Waals surface area contributed by atoms with Crippen LogP contribution in [-0.2, 0) is 4.74 Å². The third-order valence-electron chi connectivity index (χ3n) is 3.65. The summed E-state index contributed by atoms with van der Waals surface area (Å²) in [5, 5.41) is 0. The molecule has 1 aromatic rings. The van der Waals surface area contributed by atoms with Crippen LogP contribution in [0.15, 0.2) is 24.8 Å². The Bertz CT molecular complexity index is 498. The van der Waals surface area contributed by atoms with Gasteiger partial charge in [0.2, 0.25) is 0 Å². The Hall–Kier alpha value is -1.77. The Morgan fingerprint density at radius 2 is 1.94 bits per heavy atom. The molecule has 0 N–H and O–H groups in total. The topological polar surface area (TPSA) is 35.5 Å². The minimum Gasteiger partial charge on any atom is -0.451 e. The summed E-state index contributed by atoms with van der Waals surface area (Å²) < 4.78 is 11.5. The molecule has 0 saturated heterocycles. The van der Waals surface area contributed by atoms with Crippen LogP contribution in [0.4, 0.5) is 0 Å². The zero-order chi connectivity index (χ0) is 12.6. The van der Waals surface area contributed by atoms with E-state index in [9.17, 15) is 4.79 Å². The molecule has 0 amide bonds. The van der Waals surface area contributed by atoms with Gasteiger partial charge in [-0.05, 0) is 30.5 Å². The van der Waals surface area contributed by atoms with Gasteiger partial charge in [0.15, 0.2) is 0 Å². The van der Waals surface area contributed by atoms with Gasteiger partial charge in [0.1, 0.15) is 11.3 Å². The number of rotatable bonds is 1. The fraction of sp³-hybridized carbons (Fsp3) is 0.400. The van der Waals surface area contributed by atoms with Crippen LogP contribution in [0.1, 0.15) is 48.0 Å². The Morgan fingerprint density at radius 3 is 2.67 bits per heavy atom. The third kappa shape index (κ3) is 1.80. The average molecular weight is 244 g/mol. The lowest BCUT2D eigenvalue weighted by atomic mass is 9.93. The van der Waals surface area contributed by atoms with Crippen LogP contribution < -0.4 is 4.74 Å². The predicted octanol–water partition coefficient (Wildman–Crippen LogP) is 3.54. The van der Waals surface area contributed by atoms with E-state index in [0.29, 0.717) is 11.3 Å². The van der Waals surface area contributed by atoms with E-state index in [1.807, 2.05) is 12.1 Å². The van der Waals surface area contributed by atoms with Crippen LogP contribution in [0.25, 0.3) is 6.08 Å². The monoisotopic (exact) mass is 244 g/mol. The standard InChI is InChI=1S/C15H16O3/c1-2-11-6-7-13-12(10-11)14(16)18-15(17-13)8-4-3-5-9-15/h2,6-7,10H,1,3-5,8-9H2. The van der Waals surface area contributed by atoms with Crippen LogP contribution in [0.5, 0.6) is 5.75 Å². The molecule has 1 aliphatic heterocycles. The molecule has 1 spiro atoms. The number of hydrogen-bond donors (Lipinski definition) is 0. The van der Waals surface area contributed by atoms with Gasteiger partial charge in [-0.1, -0.05) is 25.1 Å². The number of ether oxygens (including phenoxy) is 2. The Kier molecular flexibility index (Phi) is 2.62. The molecule has 0 bridgehead atoms. The second-order valence-corrected chi connectivity index (χ2v) is 4.92. The zero-order valence-corrected chi connectivity index (χ0v) is 10.3. The second kappa shape index (κ2) is 4.16. The number of benzene rings is 1. The highest BCUT2D eigenvalue weighted by atomic mass is 16.7. The van der Waals surface area contributed by atoms with E-state index in [1.54, 1.807) is 12.1 Å². The van der Waals surface area contributed by atoms with Gasteiger partial charge in [-0.3, -0.25) is 0 Å². The molecule has 1 aromatic carbocycles.